The maximum absolute atomic E-state index is 12.8. The number of nitrogens with zero attached hydrogens (tertiary/aromatic N) is 4. The van der Waals surface area contributed by atoms with E-state index in [1.165, 1.54) is 25.7 Å². The Morgan fingerprint density at radius 3 is 2.54 bits per heavy atom. The monoisotopic (exact) mass is 548 g/mol. The third-order valence-electron chi connectivity index (χ3n) is 8.36. The maximum Gasteiger partial charge on any atom is 0.410 e. The lowest BCUT2D eigenvalue weighted by molar-refractivity contribution is 0.0219. The number of nitrogens with one attached hydrogen (secondary N) is 2. The number of carbonyl (C=O) groups excluding carboxylic acids is 1. The molecule has 2 aliphatic rings. The van der Waals surface area contributed by atoms with Crippen molar-refractivity contribution in [2.24, 2.45) is 0 Å². The second-order valence-electron chi connectivity index (χ2n) is 12.5. The summed E-state index contributed by atoms with van der Waals surface area (Å²) in [5, 5.41) is 2.23. The lowest BCUT2D eigenvalue weighted by Crippen LogP contribution is -2.36. The highest BCUT2D eigenvalue weighted by molar-refractivity contribution is 5.90. The van der Waals surface area contributed by atoms with E-state index in [2.05, 4.69) is 51.4 Å². The molecule has 0 spiro atoms. The van der Waals surface area contributed by atoms with Crippen molar-refractivity contribution < 1.29 is 9.53 Å². The van der Waals surface area contributed by atoms with Gasteiger partial charge in [0.1, 0.15) is 17.2 Å². The average molecular weight is 549 g/mol. The van der Waals surface area contributed by atoms with Gasteiger partial charge in [-0.1, -0.05) is 31.0 Å². The molecule has 1 unspecified atom stereocenters. The minimum atomic E-state index is -0.529. The van der Waals surface area contributed by atoms with Crippen LogP contribution in [0.4, 0.5) is 4.79 Å². The fraction of sp³-hybridized carbons (Fsp3) is 0.394. The molecule has 2 fully saturated rings. The van der Waals surface area contributed by atoms with E-state index < -0.39 is 5.60 Å². The minimum Gasteiger partial charge on any atom is -0.444 e. The number of aromatic nitrogens is 5. The Bertz CT molecular complexity index is 1740. The number of H-pyrrole nitrogens is 2. The second-order valence-corrected chi connectivity index (χ2v) is 12.5. The molecule has 2 N–H and O–H groups in total. The summed E-state index contributed by atoms with van der Waals surface area (Å²) in [6.07, 6.45) is 10.5. The average Bonchev–Trinajstić information content (AvgIpc) is 3.77. The summed E-state index contributed by atoms with van der Waals surface area (Å²) in [4.78, 5) is 36.0. The molecule has 2 aromatic carbocycles. The fourth-order valence-corrected chi connectivity index (χ4v) is 6.29. The number of hydrogen-bond donors (Lipinski definition) is 2. The molecule has 7 rings (SSSR count). The van der Waals surface area contributed by atoms with E-state index in [0.717, 1.165) is 68.8 Å². The first kappa shape index (κ1) is 25.7. The van der Waals surface area contributed by atoms with Crippen LogP contribution < -0.4 is 0 Å². The molecule has 0 bridgehead atoms. The van der Waals surface area contributed by atoms with E-state index in [1.54, 1.807) is 4.90 Å². The van der Waals surface area contributed by atoms with E-state index in [9.17, 15) is 4.79 Å². The van der Waals surface area contributed by atoms with Gasteiger partial charge in [0.05, 0.1) is 34.7 Å². The highest BCUT2D eigenvalue weighted by atomic mass is 16.6. The molecule has 1 saturated heterocycles. The molecule has 41 heavy (non-hydrogen) atoms. The van der Waals surface area contributed by atoms with Gasteiger partial charge in [-0.2, -0.15) is 0 Å². The predicted octanol–water partition coefficient (Wildman–Crippen LogP) is 7.90. The molecule has 1 amide bonds. The van der Waals surface area contributed by atoms with Crippen LogP contribution in [0, 0.1) is 0 Å². The van der Waals surface area contributed by atoms with Crippen LogP contribution in [-0.4, -0.2) is 48.1 Å². The molecular weight excluding hydrogens is 512 g/mol. The number of aromatic amines is 2. The zero-order chi connectivity index (χ0) is 28.1. The van der Waals surface area contributed by atoms with Crippen LogP contribution in [0.3, 0.4) is 0 Å². The van der Waals surface area contributed by atoms with Crippen molar-refractivity contribution in [1.29, 1.82) is 0 Å². The number of likely N-dealkylation sites (tertiary alicyclic amines) is 1. The van der Waals surface area contributed by atoms with E-state index in [4.69, 9.17) is 14.7 Å². The van der Waals surface area contributed by atoms with Gasteiger partial charge < -0.3 is 14.7 Å². The number of ether oxygens (including phenoxy) is 1. The third-order valence-corrected chi connectivity index (χ3v) is 8.36. The van der Waals surface area contributed by atoms with E-state index in [1.807, 2.05) is 39.2 Å². The van der Waals surface area contributed by atoms with Crippen molar-refractivity contribution in [2.75, 3.05) is 6.54 Å². The molecule has 1 aliphatic heterocycles. The number of rotatable bonds is 4. The van der Waals surface area contributed by atoms with Crippen LogP contribution in [0.1, 0.15) is 82.9 Å². The summed E-state index contributed by atoms with van der Waals surface area (Å²) < 4.78 is 5.65. The standard InChI is InChI=1S/C33H36N6O2/c1-33(2,3)41-32(40)39-14-6-9-29(39)31-36-25-13-12-23(17-27(25)37-31)26-16-21-10-11-22(15-24(21)18-34-26)28-19-35-30(38-28)20-7-4-5-8-20/h10-13,15-20,29H,4-9,14H2,1-3H3,(H,35,38)(H,36,37). The van der Waals surface area contributed by atoms with Crippen molar-refractivity contribution in [2.45, 2.75) is 76.9 Å². The van der Waals surface area contributed by atoms with Gasteiger partial charge in [0.2, 0.25) is 0 Å². The first-order chi connectivity index (χ1) is 19.8. The predicted molar refractivity (Wildman–Crippen MR) is 161 cm³/mol. The highest BCUT2D eigenvalue weighted by Crippen LogP contribution is 2.35. The zero-order valence-corrected chi connectivity index (χ0v) is 23.9. The molecule has 4 heterocycles. The number of fused-ring (bicyclic) bond motifs is 2. The van der Waals surface area contributed by atoms with Gasteiger partial charge in [-0.05, 0) is 76.1 Å². The number of imidazole rings is 2. The molecular formula is C33H36N6O2. The Kier molecular flexibility index (Phi) is 6.29. The summed E-state index contributed by atoms with van der Waals surface area (Å²) in [5.41, 5.74) is 5.39. The van der Waals surface area contributed by atoms with Gasteiger partial charge in [0.25, 0.3) is 0 Å². The maximum atomic E-state index is 12.8. The number of hydrogen-bond acceptors (Lipinski definition) is 5. The van der Waals surface area contributed by atoms with Gasteiger partial charge in [0.15, 0.2) is 0 Å². The Balaban J connectivity index is 1.13. The summed E-state index contributed by atoms with van der Waals surface area (Å²) in [6.45, 7) is 6.35. The Labute approximate surface area is 239 Å². The quantitative estimate of drug-likeness (QED) is 0.238. The zero-order valence-electron chi connectivity index (χ0n) is 23.9. The Hall–Kier alpha value is -4.20. The van der Waals surface area contributed by atoms with Crippen molar-refractivity contribution in [3.05, 3.63) is 66.5 Å². The van der Waals surface area contributed by atoms with E-state index in [-0.39, 0.29) is 12.1 Å². The molecule has 5 aromatic rings. The Morgan fingerprint density at radius 2 is 1.71 bits per heavy atom. The number of benzene rings is 2. The van der Waals surface area contributed by atoms with Gasteiger partial charge >= 0.3 is 6.09 Å². The van der Waals surface area contributed by atoms with Crippen LogP contribution in [0.25, 0.3) is 44.3 Å². The lowest BCUT2D eigenvalue weighted by atomic mass is 10.0. The first-order valence-electron chi connectivity index (χ1n) is 14.8. The van der Waals surface area contributed by atoms with E-state index >= 15 is 0 Å². The van der Waals surface area contributed by atoms with Crippen LogP contribution in [0.15, 0.2) is 54.9 Å². The molecule has 1 saturated carbocycles. The topological polar surface area (TPSA) is 99.8 Å². The molecule has 1 aliphatic carbocycles. The van der Waals surface area contributed by atoms with Crippen molar-refractivity contribution >= 4 is 27.9 Å². The molecule has 8 heteroatoms. The molecule has 8 nitrogen and oxygen atoms in total. The largest absolute Gasteiger partial charge is 0.444 e. The van der Waals surface area contributed by atoms with Crippen LogP contribution in [-0.2, 0) is 4.74 Å². The van der Waals surface area contributed by atoms with Crippen molar-refractivity contribution in [3.8, 4) is 22.5 Å². The number of carbonyl (C=O) groups is 1. The van der Waals surface area contributed by atoms with Crippen molar-refractivity contribution in [1.82, 2.24) is 29.8 Å². The lowest BCUT2D eigenvalue weighted by Gasteiger charge is -2.27. The molecule has 210 valence electrons. The number of pyridine rings is 1. The molecule has 3 aromatic heterocycles. The number of amides is 1. The van der Waals surface area contributed by atoms with Crippen LogP contribution in [0.5, 0.6) is 0 Å². The van der Waals surface area contributed by atoms with Crippen LogP contribution >= 0.6 is 0 Å². The minimum absolute atomic E-state index is 0.113. The van der Waals surface area contributed by atoms with Gasteiger partial charge in [0, 0.05) is 35.2 Å². The summed E-state index contributed by atoms with van der Waals surface area (Å²) >= 11 is 0. The second kappa shape index (κ2) is 10.0. The summed E-state index contributed by atoms with van der Waals surface area (Å²) in [7, 11) is 0. The molecule has 1 atom stereocenters. The summed E-state index contributed by atoms with van der Waals surface area (Å²) in [5.74, 6) is 2.49. The fourth-order valence-electron chi connectivity index (χ4n) is 6.29. The van der Waals surface area contributed by atoms with Gasteiger partial charge in [-0.25, -0.2) is 14.8 Å². The SMILES string of the molecule is CC(C)(C)OC(=O)N1CCCC1c1nc2ccc(-c3cc4ccc(-c5cnc(C6CCCC6)[nH]5)cc4cn3)cc2[nH]1. The smallest absolute Gasteiger partial charge is 0.410 e. The van der Waals surface area contributed by atoms with Crippen molar-refractivity contribution in [3.63, 3.8) is 0 Å². The Morgan fingerprint density at radius 1 is 0.878 bits per heavy atom. The normalized spacial score (nSPS) is 18.1. The highest BCUT2D eigenvalue weighted by Gasteiger charge is 2.35. The van der Waals surface area contributed by atoms with Gasteiger partial charge in [-0.3, -0.25) is 9.88 Å². The van der Waals surface area contributed by atoms with Gasteiger partial charge in [-0.15, -0.1) is 0 Å². The summed E-state index contributed by atoms with van der Waals surface area (Å²) in [6, 6.07) is 14.7. The van der Waals surface area contributed by atoms with E-state index in [0.29, 0.717) is 12.5 Å². The first-order valence-corrected chi connectivity index (χ1v) is 14.8. The van der Waals surface area contributed by atoms with Crippen LogP contribution in [0.2, 0.25) is 0 Å². The molecule has 0 radical (unpaired) electrons. The third kappa shape index (κ3) is 5.07.